The van der Waals surface area contributed by atoms with Gasteiger partial charge in [0, 0.05) is 17.7 Å². The van der Waals surface area contributed by atoms with Crippen molar-refractivity contribution in [1.82, 2.24) is 19.9 Å². The van der Waals surface area contributed by atoms with E-state index in [0.29, 0.717) is 0 Å². The molecule has 0 aliphatic rings. The van der Waals surface area contributed by atoms with E-state index in [9.17, 15) is 0 Å². The van der Waals surface area contributed by atoms with Crippen LogP contribution >= 0.6 is 11.8 Å². The lowest BCUT2D eigenvalue weighted by molar-refractivity contribution is 0.437. The number of fused-ring (bicyclic) bond motifs is 4. The van der Waals surface area contributed by atoms with Crippen LogP contribution in [-0.2, 0) is 0 Å². The molecule has 0 bridgehead atoms. The predicted molar refractivity (Wildman–Crippen MR) is 102 cm³/mol. The van der Waals surface area contributed by atoms with Crippen LogP contribution in [0.5, 0.6) is 0 Å². The van der Waals surface area contributed by atoms with Gasteiger partial charge in [-0.25, -0.2) is 15.0 Å². The number of pyridine rings is 1. The molecular weight excluding hydrogens is 316 g/mol. The van der Waals surface area contributed by atoms with Crippen molar-refractivity contribution in [3.63, 3.8) is 0 Å². The minimum atomic E-state index is 0.899. The van der Waals surface area contributed by atoms with E-state index >= 15 is 0 Å². The summed E-state index contributed by atoms with van der Waals surface area (Å²) in [6.45, 7) is 1.00. The zero-order chi connectivity index (χ0) is 16.5. The van der Waals surface area contributed by atoms with Crippen LogP contribution in [0.3, 0.4) is 0 Å². The number of thioether (sulfide) groups is 1. The molecule has 120 valence electrons. The molecule has 0 N–H and O–H groups in total. The molecule has 4 aromatic rings. The molecule has 0 aliphatic carbocycles. The summed E-state index contributed by atoms with van der Waals surface area (Å²) in [7, 11) is 4.17. The number of nitrogens with zero attached hydrogens (tertiary/aromatic N) is 4. The predicted octanol–water partition coefficient (Wildman–Crippen LogP) is 3.98. The summed E-state index contributed by atoms with van der Waals surface area (Å²) >= 11 is 1.75. The quantitative estimate of drug-likeness (QED) is 0.321. The molecule has 2 aromatic carbocycles. The monoisotopic (exact) mass is 334 g/mol. The highest BCUT2D eigenvalue weighted by Gasteiger charge is 2.12. The van der Waals surface area contributed by atoms with Gasteiger partial charge in [0.05, 0.1) is 16.6 Å². The molecule has 0 aliphatic heterocycles. The maximum atomic E-state index is 4.88. The summed E-state index contributed by atoms with van der Waals surface area (Å²) in [5, 5.41) is 2.02. The third-order valence-electron chi connectivity index (χ3n) is 3.93. The molecule has 5 heteroatoms. The molecule has 0 radical (unpaired) electrons. The average molecular weight is 334 g/mol. The van der Waals surface area contributed by atoms with Gasteiger partial charge in [-0.15, -0.1) is 11.8 Å². The third kappa shape index (κ3) is 2.81. The fraction of sp³-hybridized carbons (Fsp3) is 0.211. The van der Waals surface area contributed by atoms with Crippen LogP contribution in [0.2, 0.25) is 0 Å². The van der Waals surface area contributed by atoms with Crippen molar-refractivity contribution < 1.29 is 0 Å². The summed E-state index contributed by atoms with van der Waals surface area (Å²) < 4.78 is 0. The van der Waals surface area contributed by atoms with Crippen molar-refractivity contribution in [2.75, 3.05) is 26.4 Å². The topological polar surface area (TPSA) is 41.9 Å². The normalized spacial score (nSPS) is 11.8. The van der Waals surface area contributed by atoms with Gasteiger partial charge in [-0.1, -0.05) is 30.3 Å². The molecule has 0 spiro atoms. The smallest absolute Gasteiger partial charge is 0.125 e. The Balaban J connectivity index is 1.96. The Morgan fingerprint density at radius 1 is 0.792 bits per heavy atom. The molecule has 0 saturated heterocycles. The Bertz CT molecular complexity index is 1030. The van der Waals surface area contributed by atoms with Gasteiger partial charge in [-0.3, -0.25) is 0 Å². The molecule has 2 aromatic heterocycles. The first-order valence-electron chi connectivity index (χ1n) is 7.95. The van der Waals surface area contributed by atoms with Gasteiger partial charge in [0.1, 0.15) is 16.1 Å². The highest BCUT2D eigenvalue weighted by molar-refractivity contribution is 7.99. The van der Waals surface area contributed by atoms with E-state index in [1.54, 1.807) is 11.8 Å². The standard InChI is InChI=1S/C19H18N4S/c1-23(2)11-12-24-19-18-17(13-7-3-4-8-14(13)22-19)20-15-9-5-6-10-16(15)21-18/h3-10H,11-12H2,1-2H3. The van der Waals surface area contributed by atoms with Crippen LogP contribution in [0.4, 0.5) is 0 Å². The molecule has 0 atom stereocenters. The van der Waals surface area contributed by atoms with E-state index in [1.165, 1.54) is 0 Å². The van der Waals surface area contributed by atoms with Crippen molar-refractivity contribution >= 4 is 44.7 Å². The van der Waals surface area contributed by atoms with Crippen molar-refractivity contribution in [2.24, 2.45) is 0 Å². The Labute approximate surface area is 144 Å². The number of rotatable bonds is 4. The van der Waals surface area contributed by atoms with Gasteiger partial charge < -0.3 is 4.90 Å². The summed E-state index contributed by atoms with van der Waals surface area (Å²) in [4.78, 5) is 16.8. The van der Waals surface area contributed by atoms with Crippen molar-refractivity contribution in [3.8, 4) is 0 Å². The number of hydrogen-bond donors (Lipinski definition) is 0. The van der Waals surface area contributed by atoms with Crippen LogP contribution in [0.25, 0.3) is 33.0 Å². The van der Waals surface area contributed by atoms with Crippen LogP contribution < -0.4 is 0 Å². The Morgan fingerprint density at radius 3 is 2.12 bits per heavy atom. The maximum Gasteiger partial charge on any atom is 0.125 e. The van der Waals surface area contributed by atoms with Crippen LogP contribution in [0.15, 0.2) is 53.6 Å². The van der Waals surface area contributed by atoms with Crippen molar-refractivity contribution in [3.05, 3.63) is 48.5 Å². The second kappa shape index (κ2) is 6.34. The van der Waals surface area contributed by atoms with Crippen LogP contribution in [0.1, 0.15) is 0 Å². The summed E-state index contributed by atoms with van der Waals surface area (Å²) in [6, 6.07) is 16.2. The van der Waals surface area contributed by atoms with Gasteiger partial charge in [0.25, 0.3) is 0 Å². The van der Waals surface area contributed by atoms with Crippen molar-refractivity contribution in [1.29, 1.82) is 0 Å². The lowest BCUT2D eigenvalue weighted by atomic mass is 10.2. The first-order chi connectivity index (χ1) is 11.7. The largest absolute Gasteiger partial charge is 0.309 e. The maximum absolute atomic E-state index is 4.88. The zero-order valence-electron chi connectivity index (χ0n) is 13.7. The fourth-order valence-corrected chi connectivity index (χ4v) is 3.79. The van der Waals surface area contributed by atoms with E-state index in [1.807, 2.05) is 42.5 Å². The lowest BCUT2D eigenvalue weighted by Crippen LogP contribution is -2.14. The minimum absolute atomic E-state index is 0.899. The molecule has 0 unspecified atom stereocenters. The molecule has 0 fully saturated rings. The summed E-state index contributed by atoms with van der Waals surface area (Å²) in [5.74, 6) is 0.974. The van der Waals surface area contributed by atoms with Crippen LogP contribution in [-0.4, -0.2) is 46.2 Å². The molecule has 4 nitrogen and oxygen atoms in total. The summed E-state index contributed by atoms with van der Waals surface area (Å²) in [6.07, 6.45) is 0. The Kier molecular flexibility index (Phi) is 4.04. The highest BCUT2D eigenvalue weighted by Crippen LogP contribution is 2.30. The fourth-order valence-electron chi connectivity index (χ4n) is 2.70. The van der Waals surface area contributed by atoms with Gasteiger partial charge >= 0.3 is 0 Å². The van der Waals surface area contributed by atoms with E-state index < -0.39 is 0 Å². The minimum Gasteiger partial charge on any atom is -0.309 e. The zero-order valence-corrected chi connectivity index (χ0v) is 14.5. The van der Waals surface area contributed by atoms with Crippen LogP contribution in [0, 0.1) is 0 Å². The van der Waals surface area contributed by atoms with E-state index in [4.69, 9.17) is 15.0 Å². The molecule has 0 amide bonds. The molecular formula is C19H18N4S. The number of para-hydroxylation sites is 3. The Morgan fingerprint density at radius 2 is 1.42 bits per heavy atom. The van der Waals surface area contributed by atoms with E-state index in [0.717, 1.165) is 50.3 Å². The summed E-state index contributed by atoms with van der Waals surface area (Å²) in [5.41, 5.74) is 4.65. The molecule has 24 heavy (non-hydrogen) atoms. The van der Waals surface area contributed by atoms with E-state index in [-0.39, 0.29) is 0 Å². The molecule has 0 saturated carbocycles. The molecule has 2 heterocycles. The van der Waals surface area contributed by atoms with Gasteiger partial charge in [-0.2, -0.15) is 0 Å². The highest BCUT2D eigenvalue weighted by atomic mass is 32.2. The average Bonchev–Trinajstić information content (AvgIpc) is 2.60. The number of aromatic nitrogens is 3. The SMILES string of the molecule is CN(C)CCSc1nc2ccccc2c2nc3ccccc3nc12. The van der Waals surface area contributed by atoms with Gasteiger partial charge in [0.15, 0.2) is 0 Å². The second-order valence-electron chi connectivity index (χ2n) is 6.00. The van der Waals surface area contributed by atoms with Gasteiger partial charge in [-0.05, 0) is 32.3 Å². The number of hydrogen-bond acceptors (Lipinski definition) is 5. The third-order valence-corrected chi connectivity index (χ3v) is 4.88. The Hall–Kier alpha value is -2.24. The van der Waals surface area contributed by atoms with Crippen molar-refractivity contribution in [2.45, 2.75) is 5.03 Å². The number of benzene rings is 2. The molecule has 4 rings (SSSR count). The first-order valence-corrected chi connectivity index (χ1v) is 8.94. The lowest BCUT2D eigenvalue weighted by Gasteiger charge is -2.11. The van der Waals surface area contributed by atoms with E-state index in [2.05, 4.69) is 25.1 Å². The second-order valence-corrected chi connectivity index (χ2v) is 7.08. The first kappa shape index (κ1) is 15.3. The van der Waals surface area contributed by atoms with Gasteiger partial charge in [0.2, 0.25) is 0 Å².